The van der Waals surface area contributed by atoms with Crippen molar-refractivity contribution in [2.75, 3.05) is 39.3 Å². The van der Waals surface area contributed by atoms with Crippen molar-refractivity contribution in [3.63, 3.8) is 0 Å². The molecule has 2 saturated heterocycles. The molecule has 0 spiro atoms. The van der Waals surface area contributed by atoms with Crippen LogP contribution in [-0.4, -0.2) is 66.0 Å². The van der Waals surface area contributed by atoms with Gasteiger partial charge in [0.2, 0.25) is 5.91 Å². The van der Waals surface area contributed by atoms with Crippen molar-refractivity contribution < 1.29 is 14.3 Å². The largest absolute Gasteiger partial charge is 0.449 e. The highest BCUT2D eigenvalue weighted by Crippen LogP contribution is 2.22. The molecule has 132 valence electrons. The molecular weight excluding hydrogens is 310 g/mol. The number of hydrogen-bond acceptors (Lipinski definition) is 5. The van der Waals surface area contributed by atoms with E-state index in [1.54, 1.807) is 15.8 Å². The third-order valence-electron chi connectivity index (χ3n) is 4.52. The van der Waals surface area contributed by atoms with Crippen LogP contribution in [0.4, 0.5) is 4.79 Å². The van der Waals surface area contributed by atoms with Crippen LogP contribution < -0.4 is 10.6 Å². The van der Waals surface area contributed by atoms with Crippen LogP contribution in [0.1, 0.15) is 30.9 Å². The van der Waals surface area contributed by atoms with Crippen molar-refractivity contribution in [1.29, 1.82) is 0 Å². The second-order valence-electron chi connectivity index (χ2n) is 6.26. The normalized spacial score (nSPS) is 21.4. The van der Waals surface area contributed by atoms with Gasteiger partial charge in [-0.2, -0.15) is 5.10 Å². The number of hydrogen-bond donors (Lipinski definition) is 2. The van der Waals surface area contributed by atoms with Crippen LogP contribution in [0, 0.1) is 0 Å². The first-order chi connectivity index (χ1) is 11.7. The molecule has 0 aliphatic carbocycles. The van der Waals surface area contributed by atoms with E-state index in [0.29, 0.717) is 32.2 Å². The first-order valence-corrected chi connectivity index (χ1v) is 8.65. The molecule has 2 fully saturated rings. The molecule has 0 unspecified atom stereocenters. The van der Waals surface area contributed by atoms with E-state index >= 15 is 0 Å². The van der Waals surface area contributed by atoms with Crippen molar-refractivity contribution in [3.05, 3.63) is 18.0 Å². The Morgan fingerprint density at radius 3 is 3.17 bits per heavy atom. The number of carbonyl (C=O) groups is 2. The van der Waals surface area contributed by atoms with E-state index in [0.717, 1.165) is 38.0 Å². The molecule has 0 bridgehead atoms. The average Bonchev–Trinajstić information content (AvgIpc) is 3.05. The van der Waals surface area contributed by atoms with Crippen LogP contribution >= 0.6 is 0 Å². The summed E-state index contributed by atoms with van der Waals surface area (Å²) in [5.74, 6) is 0.325. The van der Waals surface area contributed by atoms with Crippen LogP contribution in [0.3, 0.4) is 0 Å². The van der Waals surface area contributed by atoms with Gasteiger partial charge in [0.1, 0.15) is 6.54 Å². The van der Waals surface area contributed by atoms with Gasteiger partial charge in [0.15, 0.2) is 0 Å². The fraction of sp³-hybridized carbons (Fsp3) is 0.688. The SMILES string of the molecule is O=C(Cn1nccc1[C@H]1CCCNC1)NCCN1CCCOC1=O. The summed E-state index contributed by atoms with van der Waals surface area (Å²) in [6, 6.07) is 1.99. The summed E-state index contributed by atoms with van der Waals surface area (Å²) in [6.45, 7) is 4.28. The molecule has 1 aromatic rings. The van der Waals surface area contributed by atoms with E-state index in [1.807, 2.05) is 6.07 Å². The van der Waals surface area contributed by atoms with Gasteiger partial charge in [0, 0.05) is 44.0 Å². The highest BCUT2D eigenvalue weighted by molar-refractivity contribution is 5.75. The number of nitrogens with one attached hydrogen (secondary N) is 2. The lowest BCUT2D eigenvalue weighted by Gasteiger charge is -2.26. The van der Waals surface area contributed by atoms with Crippen molar-refractivity contribution in [1.82, 2.24) is 25.3 Å². The third kappa shape index (κ3) is 4.25. The predicted molar refractivity (Wildman–Crippen MR) is 87.6 cm³/mol. The molecule has 8 heteroatoms. The van der Waals surface area contributed by atoms with E-state index < -0.39 is 0 Å². The molecule has 1 atom stereocenters. The minimum Gasteiger partial charge on any atom is -0.449 e. The summed E-state index contributed by atoms with van der Waals surface area (Å²) in [7, 11) is 0. The van der Waals surface area contributed by atoms with E-state index in [9.17, 15) is 9.59 Å². The molecular formula is C16H25N5O3. The maximum atomic E-state index is 12.1. The van der Waals surface area contributed by atoms with Crippen molar-refractivity contribution in [3.8, 4) is 0 Å². The van der Waals surface area contributed by atoms with Gasteiger partial charge in [-0.25, -0.2) is 4.79 Å². The van der Waals surface area contributed by atoms with Crippen molar-refractivity contribution in [2.45, 2.75) is 31.7 Å². The number of aromatic nitrogens is 2. The fourth-order valence-electron chi connectivity index (χ4n) is 3.25. The standard InChI is InChI=1S/C16H25N5O3/c22-15(18-7-9-20-8-2-10-24-16(20)23)12-21-14(4-6-19-21)13-3-1-5-17-11-13/h4,6,13,17H,1-3,5,7-12H2,(H,18,22)/t13-/m0/s1. The molecule has 24 heavy (non-hydrogen) atoms. The highest BCUT2D eigenvalue weighted by atomic mass is 16.6. The Labute approximate surface area is 141 Å². The number of nitrogens with zero attached hydrogens (tertiary/aromatic N) is 3. The maximum absolute atomic E-state index is 12.1. The summed E-state index contributed by atoms with van der Waals surface area (Å²) >= 11 is 0. The molecule has 2 aliphatic heterocycles. The number of amides is 2. The Morgan fingerprint density at radius 1 is 1.46 bits per heavy atom. The summed E-state index contributed by atoms with van der Waals surface area (Å²) in [5.41, 5.74) is 1.11. The maximum Gasteiger partial charge on any atom is 0.409 e. The van der Waals surface area contributed by atoms with Gasteiger partial charge in [0.25, 0.3) is 0 Å². The molecule has 2 aliphatic rings. The lowest BCUT2D eigenvalue weighted by atomic mass is 9.96. The first-order valence-electron chi connectivity index (χ1n) is 8.65. The number of cyclic esters (lactones) is 1. The average molecular weight is 335 g/mol. The fourth-order valence-corrected chi connectivity index (χ4v) is 3.25. The third-order valence-corrected chi connectivity index (χ3v) is 4.52. The van der Waals surface area contributed by atoms with Crippen molar-refractivity contribution in [2.24, 2.45) is 0 Å². The Morgan fingerprint density at radius 2 is 2.38 bits per heavy atom. The minimum absolute atomic E-state index is 0.0888. The molecule has 8 nitrogen and oxygen atoms in total. The van der Waals surface area contributed by atoms with Gasteiger partial charge in [0.05, 0.1) is 6.61 Å². The molecule has 3 heterocycles. The Balaban J connectivity index is 1.45. The molecule has 1 aromatic heterocycles. The second kappa shape index (κ2) is 8.14. The van der Waals surface area contributed by atoms with Gasteiger partial charge in [-0.1, -0.05) is 0 Å². The quantitative estimate of drug-likeness (QED) is 0.781. The summed E-state index contributed by atoms with van der Waals surface area (Å²) in [4.78, 5) is 25.3. The minimum atomic E-state index is -0.297. The Kier molecular flexibility index (Phi) is 5.68. The van der Waals surface area contributed by atoms with Gasteiger partial charge in [-0.3, -0.25) is 9.48 Å². The van der Waals surface area contributed by atoms with E-state index in [-0.39, 0.29) is 18.5 Å². The van der Waals surface area contributed by atoms with Crippen LogP contribution in [0.2, 0.25) is 0 Å². The van der Waals surface area contributed by atoms with Crippen LogP contribution in [0.25, 0.3) is 0 Å². The Bertz CT molecular complexity index is 568. The zero-order chi connectivity index (χ0) is 16.8. The zero-order valence-electron chi connectivity index (χ0n) is 13.9. The summed E-state index contributed by atoms with van der Waals surface area (Å²) in [5, 5.41) is 10.5. The lowest BCUT2D eigenvalue weighted by molar-refractivity contribution is -0.121. The van der Waals surface area contributed by atoms with Gasteiger partial charge < -0.3 is 20.3 Å². The number of piperidine rings is 1. The molecule has 0 aromatic carbocycles. The highest BCUT2D eigenvalue weighted by Gasteiger charge is 2.21. The van der Waals surface area contributed by atoms with Gasteiger partial charge >= 0.3 is 6.09 Å². The van der Waals surface area contributed by atoms with E-state index in [4.69, 9.17) is 4.74 Å². The predicted octanol–water partition coefficient (Wildman–Crippen LogP) is 0.309. The zero-order valence-corrected chi connectivity index (χ0v) is 13.9. The topological polar surface area (TPSA) is 88.5 Å². The van der Waals surface area contributed by atoms with Gasteiger partial charge in [-0.05, 0) is 31.9 Å². The van der Waals surface area contributed by atoms with Crippen molar-refractivity contribution >= 4 is 12.0 Å². The number of rotatable bonds is 6. The Hall–Kier alpha value is -2.09. The molecule has 0 radical (unpaired) electrons. The first kappa shape index (κ1) is 16.8. The smallest absolute Gasteiger partial charge is 0.409 e. The van der Waals surface area contributed by atoms with E-state index in [1.165, 1.54) is 0 Å². The molecule has 2 amide bonds. The monoisotopic (exact) mass is 335 g/mol. The lowest BCUT2D eigenvalue weighted by Crippen LogP contribution is -2.43. The van der Waals surface area contributed by atoms with E-state index in [2.05, 4.69) is 15.7 Å². The van der Waals surface area contributed by atoms with Crippen LogP contribution in [0.15, 0.2) is 12.3 Å². The molecule has 3 rings (SSSR count). The molecule has 0 saturated carbocycles. The molecule has 2 N–H and O–H groups in total. The van der Waals surface area contributed by atoms with Gasteiger partial charge in [-0.15, -0.1) is 0 Å². The summed E-state index contributed by atoms with van der Waals surface area (Å²) < 4.78 is 6.75. The van der Waals surface area contributed by atoms with Crippen LogP contribution in [-0.2, 0) is 16.1 Å². The number of ether oxygens (including phenoxy) is 1. The van der Waals surface area contributed by atoms with Crippen LogP contribution in [0.5, 0.6) is 0 Å². The number of carbonyl (C=O) groups excluding carboxylic acids is 2. The summed E-state index contributed by atoms with van der Waals surface area (Å²) in [6.07, 6.45) is 4.56. The second-order valence-corrected chi connectivity index (χ2v) is 6.26.